The highest BCUT2D eigenvalue weighted by Crippen LogP contribution is 2.43. The van der Waals surface area contributed by atoms with Gasteiger partial charge in [-0.25, -0.2) is 4.79 Å². The molecule has 3 aromatic rings. The Hall–Kier alpha value is -3.85. The van der Waals surface area contributed by atoms with Gasteiger partial charge in [0, 0.05) is 65.9 Å². The lowest BCUT2D eigenvalue weighted by Gasteiger charge is -2.36. The predicted octanol–water partition coefficient (Wildman–Crippen LogP) is 4.04. The lowest BCUT2D eigenvalue weighted by atomic mass is 9.97. The molecule has 2 aliphatic heterocycles. The van der Waals surface area contributed by atoms with E-state index < -0.39 is 17.6 Å². The third-order valence-electron chi connectivity index (χ3n) is 6.63. The Morgan fingerprint density at radius 1 is 1.03 bits per heavy atom. The van der Waals surface area contributed by atoms with Crippen molar-refractivity contribution >= 4 is 40.4 Å². The Bertz CT molecular complexity index is 1440. The number of hydrogen-bond donors (Lipinski definition) is 1. The van der Waals surface area contributed by atoms with Crippen molar-refractivity contribution in [3.63, 3.8) is 0 Å². The monoisotopic (exact) mass is 536 g/mol. The second-order valence-corrected chi connectivity index (χ2v) is 10.9. The van der Waals surface area contributed by atoms with E-state index >= 15 is 0 Å². The molecule has 1 unspecified atom stereocenters. The Balaban J connectivity index is 1.35. The zero-order chi connectivity index (χ0) is 27.2. The summed E-state index contributed by atoms with van der Waals surface area (Å²) in [6, 6.07) is 10.6. The number of hydrogen-bond acceptors (Lipinski definition) is 6. The predicted molar refractivity (Wildman–Crippen MR) is 143 cm³/mol. The molecular formula is C28H29ClN4O5. The van der Waals surface area contributed by atoms with Crippen LogP contribution >= 0.6 is 11.6 Å². The lowest BCUT2D eigenvalue weighted by Crippen LogP contribution is -2.54. The zero-order valence-electron chi connectivity index (χ0n) is 21.5. The summed E-state index contributed by atoms with van der Waals surface area (Å²) in [4.78, 5) is 45.1. The fourth-order valence-corrected chi connectivity index (χ4v) is 5.08. The Morgan fingerprint density at radius 2 is 1.74 bits per heavy atom. The van der Waals surface area contributed by atoms with Crippen molar-refractivity contribution in [2.45, 2.75) is 38.9 Å². The van der Waals surface area contributed by atoms with E-state index in [1.54, 1.807) is 34.2 Å². The summed E-state index contributed by atoms with van der Waals surface area (Å²) in [6.07, 6.45) is 0.978. The number of fused-ring (bicyclic) bond motifs is 2. The Labute approximate surface area is 225 Å². The van der Waals surface area contributed by atoms with Gasteiger partial charge in [0.2, 0.25) is 5.91 Å². The molecule has 10 heteroatoms. The van der Waals surface area contributed by atoms with Gasteiger partial charge in [-0.1, -0.05) is 17.7 Å². The highest BCUT2D eigenvalue weighted by Gasteiger charge is 2.36. The maximum Gasteiger partial charge on any atom is 0.410 e. The standard InChI is InChI=1S/C28H29ClN4O5/c1-28(2,3)38-27(36)33-10-8-32(9-11-33)26(35)23-14-17-12-18(29)15-21(24(17)37-23)19-6-7-31-22-13-16(25(30)34)4-5-20(19)22/h4-7,12-13,15,23H,8-11,14H2,1-3H3,(H2,30,34). The number of halogens is 1. The topological polar surface area (TPSA) is 115 Å². The third-order valence-corrected chi connectivity index (χ3v) is 6.85. The van der Waals surface area contributed by atoms with Crippen LogP contribution in [0, 0.1) is 0 Å². The molecule has 1 aromatic heterocycles. The van der Waals surface area contributed by atoms with Crippen LogP contribution in [-0.2, 0) is 16.0 Å². The lowest BCUT2D eigenvalue weighted by molar-refractivity contribution is -0.139. The van der Waals surface area contributed by atoms with Gasteiger partial charge in [0.25, 0.3) is 5.91 Å². The number of ether oxygens (including phenoxy) is 2. The minimum absolute atomic E-state index is 0.127. The van der Waals surface area contributed by atoms with Crippen LogP contribution in [0.4, 0.5) is 4.79 Å². The van der Waals surface area contributed by atoms with Crippen molar-refractivity contribution in [3.8, 4) is 16.9 Å². The number of rotatable bonds is 3. The van der Waals surface area contributed by atoms with Crippen LogP contribution in [0.3, 0.4) is 0 Å². The van der Waals surface area contributed by atoms with E-state index in [0.29, 0.717) is 54.5 Å². The Kier molecular flexibility index (Phi) is 6.65. The van der Waals surface area contributed by atoms with Gasteiger partial charge in [-0.05, 0) is 56.7 Å². The molecule has 9 nitrogen and oxygen atoms in total. The number of nitrogens with zero attached hydrogens (tertiary/aromatic N) is 3. The number of amides is 3. The Morgan fingerprint density at radius 3 is 2.42 bits per heavy atom. The first-order valence-corrected chi connectivity index (χ1v) is 12.8. The number of carbonyl (C=O) groups is 3. The summed E-state index contributed by atoms with van der Waals surface area (Å²) in [7, 11) is 0. The van der Waals surface area contributed by atoms with Crippen molar-refractivity contribution in [2.75, 3.05) is 26.2 Å². The van der Waals surface area contributed by atoms with E-state index in [1.165, 1.54) is 0 Å². The average Bonchev–Trinajstić information content (AvgIpc) is 3.30. The van der Waals surface area contributed by atoms with Crippen LogP contribution in [0.5, 0.6) is 5.75 Å². The van der Waals surface area contributed by atoms with Gasteiger partial charge in [0.1, 0.15) is 11.4 Å². The molecule has 2 N–H and O–H groups in total. The molecular weight excluding hydrogens is 508 g/mol. The van der Waals surface area contributed by atoms with Gasteiger partial charge in [0.05, 0.1) is 5.52 Å². The smallest absolute Gasteiger partial charge is 0.410 e. The fraction of sp³-hybridized carbons (Fsp3) is 0.357. The summed E-state index contributed by atoms with van der Waals surface area (Å²) in [6.45, 7) is 7.08. The van der Waals surface area contributed by atoms with Crippen molar-refractivity contribution in [1.82, 2.24) is 14.8 Å². The largest absolute Gasteiger partial charge is 0.479 e. The maximum atomic E-state index is 13.4. The number of nitrogens with two attached hydrogens (primary N) is 1. The normalized spacial score (nSPS) is 17.2. The van der Waals surface area contributed by atoms with Crippen molar-refractivity contribution < 1.29 is 23.9 Å². The molecule has 0 radical (unpaired) electrons. The van der Waals surface area contributed by atoms with Crippen LogP contribution in [0.1, 0.15) is 36.7 Å². The summed E-state index contributed by atoms with van der Waals surface area (Å²) >= 11 is 6.49. The maximum absolute atomic E-state index is 13.4. The first-order valence-electron chi connectivity index (χ1n) is 12.4. The van der Waals surface area contributed by atoms with Crippen LogP contribution in [0.2, 0.25) is 5.02 Å². The molecule has 5 rings (SSSR count). The van der Waals surface area contributed by atoms with Gasteiger partial charge in [-0.15, -0.1) is 0 Å². The SMILES string of the molecule is CC(C)(C)OC(=O)N1CCN(C(=O)C2Cc3cc(Cl)cc(-c4ccnc5cc(C(N)=O)ccc45)c3O2)CC1. The molecule has 3 amide bonds. The summed E-state index contributed by atoms with van der Waals surface area (Å²) < 4.78 is 11.7. The van der Waals surface area contributed by atoms with E-state index in [0.717, 1.165) is 22.1 Å². The number of benzene rings is 2. The molecule has 1 saturated heterocycles. The summed E-state index contributed by atoms with van der Waals surface area (Å²) in [5.41, 5.74) is 8.26. The van der Waals surface area contributed by atoms with E-state index in [-0.39, 0.29) is 12.0 Å². The van der Waals surface area contributed by atoms with E-state index in [2.05, 4.69) is 4.98 Å². The first kappa shape index (κ1) is 25.8. The average molecular weight is 537 g/mol. The zero-order valence-corrected chi connectivity index (χ0v) is 22.2. The number of aromatic nitrogens is 1. The van der Waals surface area contributed by atoms with Gasteiger partial charge >= 0.3 is 6.09 Å². The van der Waals surface area contributed by atoms with Gasteiger partial charge in [-0.2, -0.15) is 0 Å². The second-order valence-electron chi connectivity index (χ2n) is 10.5. The number of primary amides is 1. The molecule has 0 saturated carbocycles. The van der Waals surface area contributed by atoms with Crippen molar-refractivity contribution in [3.05, 3.63) is 58.7 Å². The molecule has 2 aromatic carbocycles. The molecule has 1 fully saturated rings. The van der Waals surface area contributed by atoms with Crippen molar-refractivity contribution in [1.29, 1.82) is 0 Å². The van der Waals surface area contributed by atoms with Gasteiger partial charge in [-0.3, -0.25) is 14.6 Å². The molecule has 2 aliphatic rings. The summed E-state index contributed by atoms with van der Waals surface area (Å²) in [5.74, 6) is -0.0521. The van der Waals surface area contributed by atoms with E-state index in [1.807, 2.05) is 39.0 Å². The van der Waals surface area contributed by atoms with Crippen molar-refractivity contribution in [2.24, 2.45) is 5.73 Å². The summed E-state index contributed by atoms with van der Waals surface area (Å²) in [5, 5.41) is 1.33. The molecule has 1 atom stereocenters. The number of pyridine rings is 1. The second kappa shape index (κ2) is 9.79. The first-order chi connectivity index (χ1) is 18.0. The quantitative estimate of drug-likeness (QED) is 0.540. The van der Waals surface area contributed by atoms with Crippen LogP contribution in [0.15, 0.2) is 42.6 Å². The van der Waals surface area contributed by atoms with Gasteiger partial charge < -0.3 is 25.0 Å². The van der Waals surface area contributed by atoms with Gasteiger partial charge in [0.15, 0.2) is 6.10 Å². The molecule has 0 aliphatic carbocycles. The number of carbonyl (C=O) groups excluding carboxylic acids is 3. The highest BCUT2D eigenvalue weighted by atomic mass is 35.5. The molecule has 38 heavy (non-hydrogen) atoms. The molecule has 198 valence electrons. The molecule has 0 bridgehead atoms. The molecule has 3 heterocycles. The minimum atomic E-state index is -0.690. The fourth-order valence-electron chi connectivity index (χ4n) is 4.84. The van der Waals surface area contributed by atoms with Crippen LogP contribution in [-0.4, -0.2) is 70.6 Å². The molecule has 0 spiro atoms. The third kappa shape index (κ3) is 5.11. The minimum Gasteiger partial charge on any atom is -0.479 e. The van der Waals surface area contributed by atoms with E-state index in [4.69, 9.17) is 26.8 Å². The highest BCUT2D eigenvalue weighted by molar-refractivity contribution is 6.31. The van der Waals surface area contributed by atoms with Crippen LogP contribution < -0.4 is 10.5 Å². The van der Waals surface area contributed by atoms with Crippen LogP contribution in [0.25, 0.3) is 22.0 Å². The van der Waals surface area contributed by atoms with E-state index in [9.17, 15) is 14.4 Å². The number of piperazine rings is 1.